The van der Waals surface area contributed by atoms with Crippen LogP contribution in [0.2, 0.25) is 0 Å². The van der Waals surface area contributed by atoms with E-state index < -0.39 is 12.1 Å². The Bertz CT molecular complexity index is 756. The summed E-state index contributed by atoms with van der Waals surface area (Å²) in [7, 11) is 0. The zero-order valence-corrected chi connectivity index (χ0v) is 14.4. The van der Waals surface area contributed by atoms with E-state index in [-0.39, 0.29) is 12.3 Å². The van der Waals surface area contributed by atoms with Gasteiger partial charge in [0.1, 0.15) is 0 Å². The number of urea groups is 1. The summed E-state index contributed by atoms with van der Waals surface area (Å²) in [6, 6.07) is 8.85. The van der Waals surface area contributed by atoms with Gasteiger partial charge in [0.05, 0.1) is 12.5 Å². The van der Waals surface area contributed by atoms with Crippen molar-refractivity contribution in [1.82, 2.24) is 10.2 Å². The highest BCUT2D eigenvalue weighted by atomic mass is 32.1. The Labute approximate surface area is 145 Å². The minimum absolute atomic E-state index is 0.0344. The number of thiophene rings is 1. The largest absolute Gasteiger partial charge is 0.352 e. The average Bonchev–Trinajstić information content (AvgIpc) is 3.01. The van der Waals surface area contributed by atoms with Gasteiger partial charge in [-0.1, -0.05) is 29.8 Å². The summed E-state index contributed by atoms with van der Waals surface area (Å²) in [5, 5.41) is 4.77. The van der Waals surface area contributed by atoms with Crippen molar-refractivity contribution in [3.05, 3.63) is 57.3 Å². The van der Waals surface area contributed by atoms with Crippen molar-refractivity contribution in [2.45, 2.75) is 32.4 Å². The molecular weight excluding hydrogens is 322 g/mol. The van der Waals surface area contributed by atoms with Crippen molar-refractivity contribution in [2.75, 3.05) is 6.54 Å². The number of nitrogens with one attached hydrogen (secondary N) is 1. The lowest BCUT2D eigenvalue weighted by Gasteiger charge is -2.29. The molecule has 5 nitrogen and oxygen atoms in total. The second kappa shape index (κ2) is 7.05. The van der Waals surface area contributed by atoms with Crippen molar-refractivity contribution in [1.29, 1.82) is 0 Å². The maximum atomic E-state index is 12.7. The van der Waals surface area contributed by atoms with E-state index in [9.17, 15) is 9.59 Å². The molecule has 0 saturated heterocycles. The number of carbonyl (C=O) groups excluding carboxylic acids is 2. The standard InChI is InChI=1S/C18H21N3O2S/c1-12-3-2-4-13(9-12)15(20-18(19)23)10-17(22)21-7-5-16-14(11-21)6-8-24-16/h2-4,6,8-9,15H,5,7,10-11H2,1H3,(H3,19,20,23)/t15-/m0/s1. The minimum atomic E-state index is -0.618. The molecule has 126 valence electrons. The molecule has 1 aromatic carbocycles. The fourth-order valence-electron chi connectivity index (χ4n) is 3.08. The highest BCUT2D eigenvalue weighted by Gasteiger charge is 2.25. The summed E-state index contributed by atoms with van der Waals surface area (Å²) in [6.07, 6.45) is 1.11. The van der Waals surface area contributed by atoms with Crippen LogP contribution in [0.25, 0.3) is 0 Å². The molecule has 3 amide bonds. The Morgan fingerprint density at radius 3 is 2.96 bits per heavy atom. The van der Waals surface area contributed by atoms with Crippen LogP contribution in [0, 0.1) is 6.92 Å². The first-order chi connectivity index (χ1) is 11.5. The van der Waals surface area contributed by atoms with Crippen LogP contribution in [0.5, 0.6) is 0 Å². The Kier molecular flexibility index (Phi) is 4.85. The molecule has 2 heterocycles. The molecule has 3 N–H and O–H groups in total. The molecular formula is C18H21N3O2S. The molecule has 3 rings (SSSR count). The number of fused-ring (bicyclic) bond motifs is 1. The maximum absolute atomic E-state index is 12.7. The van der Waals surface area contributed by atoms with Gasteiger partial charge in [0.25, 0.3) is 0 Å². The Morgan fingerprint density at radius 1 is 1.38 bits per heavy atom. The van der Waals surface area contributed by atoms with E-state index in [1.807, 2.05) is 36.1 Å². The van der Waals surface area contributed by atoms with Crippen LogP contribution < -0.4 is 11.1 Å². The van der Waals surface area contributed by atoms with Crippen LogP contribution >= 0.6 is 11.3 Å². The molecule has 1 atom stereocenters. The van der Waals surface area contributed by atoms with Crippen LogP contribution in [0.4, 0.5) is 4.79 Å². The van der Waals surface area contributed by atoms with Crippen molar-refractivity contribution in [3.8, 4) is 0 Å². The Balaban J connectivity index is 1.73. The first-order valence-corrected chi connectivity index (χ1v) is 8.86. The number of carbonyl (C=O) groups is 2. The third kappa shape index (κ3) is 3.76. The van der Waals surface area contributed by atoms with E-state index in [1.165, 1.54) is 10.4 Å². The van der Waals surface area contributed by atoms with Crippen LogP contribution in [0.3, 0.4) is 0 Å². The van der Waals surface area contributed by atoms with E-state index in [4.69, 9.17) is 5.73 Å². The number of amides is 3. The zero-order valence-electron chi connectivity index (χ0n) is 13.6. The van der Waals surface area contributed by atoms with E-state index in [2.05, 4.69) is 16.8 Å². The zero-order chi connectivity index (χ0) is 17.1. The number of nitrogens with two attached hydrogens (primary N) is 1. The van der Waals surface area contributed by atoms with Crippen molar-refractivity contribution >= 4 is 23.3 Å². The lowest BCUT2D eigenvalue weighted by Crippen LogP contribution is -2.40. The van der Waals surface area contributed by atoms with Crippen molar-refractivity contribution in [3.63, 3.8) is 0 Å². The summed E-state index contributed by atoms with van der Waals surface area (Å²) in [6.45, 7) is 3.35. The van der Waals surface area contributed by atoms with E-state index in [0.29, 0.717) is 6.54 Å². The van der Waals surface area contributed by atoms with E-state index in [0.717, 1.165) is 24.1 Å². The smallest absolute Gasteiger partial charge is 0.312 e. The lowest BCUT2D eigenvalue weighted by atomic mass is 10.0. The second-order valence-electron chi connectivity index (χ2n) is 6.11. The topological polar surface area (TPSA) is 75.4 Å². The Morgan fingerprint density at radius 2 is 2.21 bits per heavy atom. The second-order valence-corrected chi connectivity index (χ2v) is 7.11. The molecule has 0 aliphatic carbocycles. The van der Waals surface area contributed by atoms with Gasteiger partial charge < -0.3 is 16.0 Å². The number of aryl methyl sites for hydroxylation is 1. The Hall–Kier alpha value is -2.34. The fraction of sp³-hybridized carbons (Fsp3) is 0.333. The fourth-order valence-corrected chi connectivity index (χ4v) is 3.97. The lowest BCUT2D eigenvalue weighted by molar-refractivity contribution is -0.132. The van der Waals surface area contributed by atoms with E-state index >= 15 is 0 Å². The number of benzene rings is 1. The van der Waals surface area contributed by atoms with E-state index in [1.54, 1.807) is 11.3 Å². The molecule has 24 heavy (non-hydrogen) atoms. The summed E-state index contributed by atoms with van der Waals surface area (Å²) in [5.41, 5.74) is 8.51. The monoisotopic (exact) mass is 343 g/mol. The number of hydrogen-bond acceptors (Lipinski definition) is 3. The van der Waals surface area contributed by atoms with Crippen LogP contribution in [0.15, 0.2) is 35.7 Å². The third-order valence-corrected chi connectivity index (χ3v) is 5.32. The van der Waals surface area contributed by atoms with Gasteiger partial charge in [-0.25, -0.2) is 4.79 Å². The van der Waals surface area contributed by atoms with Gasteiger partial charge in [-0.05, 0) is 35.9 Å². The van der Waals surface area contributed by atoms with Gasteiger partial charge in [-0.2, -0.15) is 0 Å². The molecule has 1 aromatic heterocycles. The van der Waals surface area contributed by atoms with Gasteiger partial charge in [0.15, 0.2) is 0 Å². The normalized spacial score (nSPS) is 14.8. The van der Waals surface area contributed by atoms with Gasteiger partial charge in [-0.15, -0.1) is 11.3 Å². The molecule has 2 aromatic rings. The number of rotatable bonds is 4. The molecule has 1 aliphatic heterocycles. The predicted octanol–water partition coefficient (Wildman–Crippen LogP) is 2.74. The molecule has 0 spiro atoms. The highest BCUT2D eigenvalue weighted by Crippen LogP contribution is 2.26. The summed E-state index contributed by atoms with van der Waals surface area (Å²) >= 11 is 1.75. The molecule has 0 fully saturated rings. The SMILES string of the molecule is Cc1cccc([C@H](CC(=O)N2CCc3sccc3C2)NC(N)=O)c1. The molecule has 0 radical (unpaired) electrons. The number of nitrogens with zero attached hydrogens (tertiary/aromatic N) is 1. The molecule has 0 saturated carbocycles. The van der Waals surface area contributed by atoms with Gasteiger partial charge in [-0.3, -0.25) is 4.79 Å². The molecule has 0 unspecified atom stereocenters. The maximum Gasteiger partial charge on any atom is 0.312 e. The predicted molar refractivity (Wildman–Crippen MR) is 94.7 cm³/mol. The van der Waals surface area contributed by atoms with Crippen LogP contribution in [-0.4, -0.2) is 23.4 Å². The third-order valence-electron chi connectivity index (χ3n) is 4.30. The first-order valence-electron chi connectivity index (χ1n) is 7.98. The molecule has 0 bridgehead atoms. The van der Waals surface area contributed by atoms with Gasteiger partial charge >= 0.3 is 6.03 Å². The number of hydrogen-bond donors (Lipinski definition) is 2. The first kappa shape index (κ1) is 16.5. The van der Waals surface area contributed by atoms with Crippen LogP contribution in [-0.2, 0) is 17.8 Å². The van der Waals surface area contributed by atoms with Crippen molar-refractivity contribution in [2.24, 2.45) is 5.73 Å². The van der Waals surface area contributed by atoms with Crippen molar-refractivity contribution < 1.29 is 9.59 Å². The minimum Gasteiger partial charge on any atom is -0.352 e. The highest BCUT2D eigenvalue weighted by molar-refractivity contribution is 7.10. The summed E-state index contributed by atoms with van der Waals surface area (Å²) < 4.78 is 0. The van der Waals surface area contributed by atoms with Gasteiger partial charge in [0.2, 0.25) is 5.91 Å². The quantitative estimate of drug-likeness (QED) is 0.896. The summed E-state index contributed by atoms with van der Waals surface area (Å²) in [4.78, 5) is 27.3. The van der Waals surface area contributed by atoms with Gasteiger partial charge in [0, 0.05) is 18.0 Å². The summed E-state index contributed by atoms with van der Waals surface area (Å²) in [5.74, 6) is 0.0344. The van der Waals surface area contributed by atoms with Crippen LogP contribution in [0.1, 0.15) is 34.0 Å². The average molecular weight is 343 g/mol. The molecule has 6 heteroatoms. The number of primary amides is 1. The molecule has 1 aliphatic rings.